The number of carbonyl (C=O) groups excluding carboxylic acids is 3. The third kappa shape index (κ3) is 4.37. The third-order valence-corrected chi connectivity index (χ3v) is 10.6. The number of anilines is 1. The summed E-state index contributed by atoms with van der Waals surface area (Å²) in [6.07, 6.45) is 8.26. The molecule has 216 valence electrons. The number of nitrogens with one attached hydrogen (secondary N) is 1. The van der Waals surface area contributed by atoms with Crippen molar-refractivity contribution in [2.24, 2.45) is 35.6 Å². The smallest absolute Gasteiger partial charge is 0.412 e. The van der Waals surface area contributed by atoms with Crippen molar-refractivity contribution in [3.05, 3.63) is 60.3 Å². The molecule has 4 aliphatic carbocycles. The summed E-state index contributed by atoms with van der Waals surface area (Å²) in [5.74, 6) is -0.530. The molecule has 3 saturated carbocycles. The molecule has 4 aliphatic rings. The van der Waals surface area contributed by atoms with E-state index in [-0.39, 0.29) is 36.4 Å². The summed E-state index contributed by atoms with van der Waals surface area (Å²) >= 11 is 0. The number of aliphatic hydroxyl groups is 2. The number of nitrogens with zero attached hydrogens (tertiary/aromatic N) is 2. The van der Waals surface area contributed by atoms with Crippen LogP contribution in [0.15, 0.2) is 60.3 Å². The van der Waals surface area contributed by atoms with Gasteiger partial charge in [-0.2, -0.15) is 5.10 Å². The van der Waals surface area contributed by atoms with Crippen LogP contribution in [0.1, 0.15) is 46.0 Å². The van der Waals surface area contributed by atoms with Gasteiger partial charge >= 0.3 is 6.09 Å². The Kier molecular flexibility index (Phi) is 6.58. The van der Waals surface area contributed by atoms with Crippen molar-refractivity contribution >= 4 is 23.3 Å². The van der Waals surface area contributed by atoms with E-state index < -0.39 is 41.0 Å². The highest BCUT2D eigenvalue weighted by molar-refractivity contribution is 6.01. The summed E-state index contributed by atoms with van der Waals surface area (Å²) in [7, 11) is 1.83. The molecule has 5 unspecified atom stereocenters. The van der Waals surface area contributed by atoms with E-state index in [4.69, 9.17) is 4.74 Å². The molecule has 9 nitrogen and oxygen atoms in total. The monoisotopic (exact) mass is 559 g/mol. The second-order valence-corrected chi connectivity index (χ2v) is 12.7. The van der Waals surface area contributed by atoms with Crippen LogP contribution in [0.2, 0.25) is 0 Å². The fourth-order valence-electron chi connectivity index (χ4n) is 8.52. The minimum atomic E-state index is -1.71. The fourth-order valence-corrected chi connectivity index (χ4v) is 8.52. The Hall–Kier alpha value is -3.56. The van der Waals surface area contributed by atoms with Crippen LogP contribution in [0, 0.1) is 28.6 Å². The molecule has 1 aromatic heterocycles. The highest BCUT2D eigenvalue weighted by Crippen LogP contribution is 2.67. The first-order valence-corrected chi connectivity index (χ1v) is 14.4. The Morgan fingerprint density at radius 2 is 2.02 bits per heavy atom. The summed E-state index contributed by atoms with van der Waals surface area (Å²) in [5.41, 5.74) is 0.153. The van der Waals surface area contributed by atoms with E-state index in [1.165, 1.54) is 0 Å². The van der Waals surface area contributed by atoms with Crippen molar-refractivity contribution in [2.45, 2.75) is 57.7 Å². The van der Waals surface area contributed by atoms with Gasteiger partial charge in [0, 0.05) is 41.2 Å². The van der Waals surface area contributed by atoms with E-state index in [1.54, 1.807) is 35.0 Å². The zero-order chi connectivity index (χ0) is 29.2. The molecule has 1 heterocycles. The zero-order valence-corrected chi connectivity index (χ0v) is 23.7. The SMILES string of the molecule is Cn1ccc(-c2cccc(NC(=O)OCC(=O)[C@@]3(O)CCC4C5CCC6=CC(=O)C=CC6(C)C5[C@@H](O)CC43C)c2)n1. The van der Waals surface area contributed by atoms with Crippen LogP contribution in [0.4, 0.5) is 10.5 Å². The van der Waals surface area contributed by atoms with Crippen LogP contribution < -0.4 is 5.32 Å². The van der Waals surface area contributed by atoms with Crippen LogP contribution in [0.3, 0.4) is 0 Å². The molecule has 1 aromatic carbocycles. The van der Waals surface area contributed by atoms with E-state index in [9.17, 15) is 24.6 Å². The first kappa shape index (κ1) is 27.6. The molecule has 0 bridgehead atoms. The molecule has 41 heavy (non-hydrogen) atoms. The number of carbonyl (C=O) groups is 3. The maximum absolute atomic E-state index is 13.5. The van der Waals surface area contributed by atoms with Crippen LogP contribution in [0.25, 0.3) is 11.3 Å². The lowest BCUT2D eigenvalue weighted by Crippen LogP contribution is -2.61. The maximum atomic E-state index is 13.5. The van der Waals surface area contributed by atoms with Gasteiger partial charge in [0.1, 0.15) is 5.60 Å². The number of hydrogen-bond donors (Lipinski definition) is 3. The summed E-state index contributed by atoms with van der Waals surface area (Å²) in [6, 6.07) is 9.02. The number of aliphatic hydroxyl groups excluding tert-OH is 1. The number of benzene rings is 1. The lowest BCUT2D eigenvalue weighted by molar-refractivity contribution is -0.178. The van der Waals surface area contributed by atoms with Crippen LogP contribution in [-0.2, 0) is 21.4 Å². The van der Waals surface area contributed by atoms with E-state index in [2.05, 4.69) is 17.3 Å². The third-order valence-electron chi connectivity index (χ3n) is 10.6. The van der Waals surface area contributed by atoms with E-state index in [0.29, 0.717) is 12.1 Å². The van der Waals surface area contributed by atoms with Crippen molar-refractivity contribution in [1.29, 1.82) is 0 Å². The average molecular weight is 560 g/mol. The molecule has 0 spiro atoms. The van der Waals surface area contributed by atoms with E-state index >= 15 is 0 Å². The van der Waals surface area contributed by atoms with E-state index in [1.807, 2.05) is 38.4 Å². The topological polar surface area (TPSA) is 131 Å². The fraction of sp³-hybridized carbons (Fsp3) is 0.500. The number of aryl methyl sites for hydroxylation is 1. The van der Waals surface area contributed by atoms with Gasteiger partial charge < -0.3 is 14.9 Å². The van der Waals surface area contributed by atoms with Gasteiger partial charge in [-0.3, -0.25) is 19.6 Å². The first-order valence-electron chi connectivity index (χ1n) is 14.4. The molecule has 6 rings (SSSR count). The largest absolute Gasteiger partial charge is 0.441 e. The average Bonchev–Trinajstić information content (AvgIpc) is 3.48. The van der Waals surface area contributed by atoms with E-state index in [0.717, 1.165) is 29.7 Å². The highest BCUT2D eigenvalue weighted by atomic mass is 16.6. The predicted molar refractivity (Wildman–Crippen MR) is 152 cm³/mol. The van der Waals surface area contributed by atoms with Gasteiger partial charge in [0.05, 0.1) is 11.8 Å². The lowest BCUT2D eigenvalue weighted by Gasteiger charge is -2.59. The van der Waals surface area contributed by atoms with Gasteiger partial charge in [-0.25, -0.2) is 4.79 Å². The second-order valence-electron chi connectivity index (χ2n) is 12.7. The number of hydrogen-bond acceptors (Lipinski definition) is 7. The molecular weight excluding hydrogens is 522 g/mol. The molecular formula is C32H37N3O6. The summed E-state index contributed by atoms with van der Waals surface area (Å²) in [6.45, 7) is 3.43. The van der Waals surface area contributed by atoms with Gasteiger partial charge in [-0.05, 0) is 74.3 Å². The molecule has 3 fully saturated rings. The minimum Gasteiger partial charge on any atom is -0.441 e. The molecule has 0 aliphatic heterocycles. The van der Waals surface area contributed by atoms with Gasteiger partial charge in [0.2, 0.25) is 5.78 Å². The van der Waals surface area contributed by atoms with Gasteiger partial charge in [-0.1, -0.05) is 37.6 Å². The van der Waals surface area contributed by atoms with Crippen molar-refractivity contribution in [2.75, 3.05) is 11.9 Å². The minimum absolute atomic E-state index is 0.0168. The molecule has 2 aromatic rings. The number of ketones is 2. The number of ether oxygens (including phenoxy) is 1. The molecule has 7 atom stereocenters. The summed E-state index contributed by atoms with van der Waals surface area (Å²) in [5, 5.41) is 30.4. The van der Waals surface area contributed by atoms with Crippen LogP contribution in [-0.4, -0.2) is 56.0 Å². The Labute approximate surface area is 239 Å². The molecule has 3 N–H and O–H groups in total. The summed E-state index contributed by atoms with van der Waals surface area (Å²) < 4.78 is 6.99. The Bertz CT molecular complexity index is 1480. The zero-order valence-electron chi connectivity index (χ0n) is 23.7. The molecule has 0 radical (unpaired) electrons. The predicted octanol–water partition coefficient (Wildman–Crippen LogP) is 4.21. The number of fused-ring (bicyclic) bond motifs is 5. The molecule has 9 heteroatoms. The summed E-state index contributed by atoms with van der Waals surface area (Å²) in [4.78, 5) is 38.2. The van der Waals surface area contributed by atoms with Crippen molar-refractivity contribution in [3.63, 3.8) is 0 Å². The van der Waals surface area contributed by atoms with Crippen molar-refractivity contribution in [3.8, 4) is 11.3 Å². The second kappa shape index (κ2) is 9.77. The first-order chi connectivity index (χ1) is 19.4. The number of Topliss-reactive ketones (excluding diaryl/α,β-unsaturated/α-hetero) is 1. The number of rotatable bonds is 5. The highest BCUT2D eigenvalue weighted by Gasteiger charge is 2.68. The van der Waals surface area contributed by atoms with Crippen molar-refractivity contribution < 1.29 is 29.3 Å². The number of allylic oxidation sites excluding steroid dienone is 4. The van der Waals surface area contributed by atoms with Crippen molar-refractivity contribution in [1.82, 2.24) is 9.78 Å². The molecule has 1 amide bonds. The number of aromatic nitrogens is 2. The Morgan fingerprint density at radius 1 is 1.22 bits per heavy atom. The quantitative estimate of drug-likeness (QED) is 0.500. The lowest BCUT2D eigenvalue weighted by atomic mass is 9.46. The van der Waals surface area contributed by atoms with Gasteiger partial charge in [-0.15, -0.1) is 0 Å². The van der Waals surface area contributed by atoms with Crippen LogP contribution >= 0.6 is 0 Å². The number of amides is 1. The van der Waals surface area contributed by atoms with Gasteiger partial charge in [0.25, 0.3) is 0 Å². The Morgan fingerprint density at radius 3 is 2.78 bits per heavy atom. The molecule has 0 saturated heterocycles. The Balaban J connectivity index is 1.14. The van der Waals surface area contributed by atoms with Gasteiger partial charge in [0.15, 0.2) is 12.4 Å². The standard InChI is InChI=1S/C32H37N3O6/c1-30-12-9-22(36)16-20(30)7-8-23-24-10-13-32(40,31(24,2)17-26(37)28(23)30)27(38)18-41-29(39)33-21-6-4-5-19(15-21)25-11-14-35(3)34-25/h4-6,9,11-12,14-16,23-24,26,28,37,40H,7-8,10,13,17-18H2,1-3H3,(H,33,39)/t23?,24?,26-,28?,30?,31?,32-/m0/s1. The van der Waals surface area contributed by atoms with Crippen LogP contribution in [0.5, 0.6) is 0 Å². The maximum Gasteiger partial charge on any atom is 0.412 e. The normalized spacial score (nSPS) is 35.6.